The van der Waals surface area contributed by atoms with Crippen LogP contribution < -0.4 is 9.47 Å². The maximum absolute atomic E-state index is 10.2. The Labute approximate surface area is 106 Å². The molecule has 0 amide bonds. The maximum Gasteiger partial charge on any atom is 0.150 e. The van der Waals surface area contributed by atoms with Crippen molar-refractivity contribution in [2.75, 3.05) is 7.11 Å². The molecule has 0 radical (unpaired) electrons. The highest BCUT2D eigenvalue weighted by atomic mass is 16.5. The fourth-order valence-corrected chi connectivity index (χ4v) is 1.56. The number of carbonyl (C=O) groups excluding carboxylic acids is 1. The van der Waals surface area contributed by atoms with Crippen molar-refractivity contribution in [1.29, 1.82) is 0 Å². The topological polar surface area (TPSA) is 35.5 Å². The average Bonchev–Trinajstić information content (AvgIpc) is 2.50. The second-order valence-corrected chi connectivity index (χ2v) is 3.83. The Kier molecular flexibility index (Phi) is 3.97. The highest BCUT2D eigenvalue weighted by molar-refractivity contribution is 5.75. The van der Waals surface area contributed by atoms with E-state index in [-0.39, 0.29) is 0 Å². The molecule has 2 aliphatic heterocycles. The number of benzene rings is 2. The van der Waals surface area contributed by atoms with Crippen LogP contribution >= 0.6 is 0 Å². The Morgan fingerprint density at radius 3 is 2.33 bits per heavy atom. The summed E-state index contributed by atoms with van der Waals surface area (Å²) >= 11 is 0. The number of carbonyl (C=O) groups is 1. The molecule has 3 nitrogen and oxygen atoms in total. The first-order valence-corrected chi connectivity index (χ1v) is 5.63. The maximum atomic E-state index is 10.2. The van der Waals surface area contributed by atoms with Gasteiger partial charge in [0.25, 0.3) is 0 Å². The van der Waals surface area contributed by atoms with E-state index in [1.165, 1.54) is 5.56 Å². The first-order chi connectivity index (χ1) is 8.81. The predicted molar refractivity (Wildman–Crippen MR) is 69.2 cm³/mol. The van der Waals surface area contributed by atoms with E-state index in [1.54, 1.807) is 31.4 Å². The van der Waals surface area contributed by atoms with Gasteiger partial charge in [-0.3, -0.25) is 4.79 Å². The van der Waals surface area contributed by atoms with Crippen molar-refractivity contribution in [2.45, 2.75) is 6.61 Å². The van der Waals surface area contributed by atoms with E-state index in [0.717, 1.165) is 18.6 Å². The number of rotatable bonds is 2. The molecule has 92 valence electrons. The lowest BCUT2D eigenvalue weighted by molar-refractivity contribution is 0.112. The normalized spacial score (nSPS) is 10.9. The molecule has 0 fully saturated rings. The first kappa shape index (κ1) is 12.2. The minimum Gasteiger partial charge on any atom is -0.497 e. The summed E-state index contributed by atoms with van der Waals surface area (Å²) in [7, 11) is 1.57. The van der Waals surface area contributed by atoms with E-state index < -0.39 is 0 Å². The molecular formula is C15H14O3. The number of hydrogen-bond donors (Lipinski definition) is 0. The second kappa shape index (κ2) is 5.87. The summed E-state index contributed by atoms with van der Waals surface area (Å²) in [6.45, 7) is 0.766. The van der Waals surface area contributed by atoms with Crippen LogP contribution in [-0.4, -0.2) is 13.4 Å². The number of methoxy groups -OCH3 is 1. The van der Waals surface area contributed by atoms with Crippen molar-refractivity contribution in [3.8, 4) is 11.5 Å². The summed E-state index contributed by atoms with van der Waals surface area (Å²) in [6.07, 6.45) is 0.794. The van der Waals surface area contributed by atoms with E-state index in [4.69, 9.17) is 9.47 Å². The van der Waals surface area contributed by atoms with Gasteiger partial charge in [0.05, 0.1) is 7.11 Å². The van der Waals surface area contributed by atoms with Crippen molar-refractivity contribution >= 4 is 6.29 Å². The van der Waals surface area contributed by atoms with Crippen LogP contribution in [0.3, 0.4) is 0 Å². The van der Waals surface area contributed by atoms with Crippen molar-refractivity contribution < 1.29 is 14.3 Å². The van der Waals surface area contributed by atoms with Gasteiger partial charge >= 0.3 is 0 Å². The molecule has 0 saturated carbocycles. The van der Waals surface area contributed by atoms with Gasteiger partial charge in [-0.1, -0.05) is 24.3 Å². The summed E-state index contributed by atoms with van der Waals surface area (Å²) in [6, 6.07) is 15.1. The average molecular weight is 242 g/mol. The molecule has 2 bridgehead atoms. The van der Waals surface area contributed by atoms with Crippen LogP contribution in [0.25, 0.3) is 0 Å². The van der Waals surface area contributed by atoms with Gasteiger partial charge in [-0.05, 0) is 29.8 Å². The van der Waals surface area contributed by atoms with Crippen molar-refractivity contribution in [2.24, 2.45) is 0 Å². The summed E-state index contributed by atoms with van der Waals surface area (Å²) in [5.74, 6) is 1.70. The minimum absolute atomic E-state index is 0.638. The minimum atomic E-state index is 0.638. The Balaban J connectivity index is 0.000000136. The summed E-state index contributed by atoms with van der Waals surface area (Å²) in [4.78, 5) is 10.2. The van der Waals surface area contributed by atoms with Gasteiger partial charge in [-0.2, -0.15) is 0 Å². The van der Waals surface area contributed by atoms with Gasteiger partial charge in [0, 0.05) is 5.56 Å². The van der Waals surface area contributed by atoms with E-state index in [2.05, 4.69) is 12.1 Å². The fourth-order valence-electron chi connectivity index (χ4n) is 1.56. The largest absolute Gasteiger partial charge is 0.497 e. The lowest BCUT2D eigenvalue weighted by Crippen LogP contribution is -2.00. The van der Waals surface area contributed by atoms with E-state index in [9.17, 15) is 4.79 Å². The number of hydrogen-bond acceptors (Lipinski definition) is 3. The Hall–Kier alpha value is -2.29. The summed E-state index contributed by atoms with van der Waals surface area (Å²) in [5, 5.41) is 0. The molecule has 3 heteroatoms. The third-order valence-corrected chi connectivity index (χ3v) is 2.56. The van der Waals surface area contributed by atoms with Gasteiger partial charge in [0.1, 0.15) is 24.4 Å². The van der Waals surface area contributed by atoms with Crippen LogP contribution in [0.15, 0.2) is 48.5 Å². The van der Waals surface area contributed by atoms with Crippen LogP contribution in [0.5, 0.6) is 11.5 Å². The Bertz CT molecular complexity index is 495. The van der Waals surface area contributed by atoms with Gasteiger partial charge in [-0.15, -0.1) is 0 Å². The highest BCUT2D eigenvalue weighted by Crippen LogP contribution is 2.19. The van der Waals surface area contributed by atoms with Gasteiger partial charge in [-0.25, -0.2) is 0 Å². The zero-order chi connectivity index (χ0) is 12.8. The van der Waals surface area contributed by atoms with Crippen LogP contribution in [0.4, 0.5) is 0 Å². The van der Waals surface area contributed by atoms with Crippen molar-refractivity contribution in [3.63, 3.8) is 0 Å². The molecular weight excluding hydrogens is 228 g/mol. The highest BCUT2D eigenvalue weighted by Gasteiger charge is 2.01. The number of fused-ring (bicyclic) bond motifs is 3. The SMILES string of the molecule is COc1cccc(C=O)c1.c1cc2ccc1CO2. The van der Waals surface area contributed by atoms with Gasteiger partial charge in [0.15, 0.2) is 0 Å². The van der Waals surface area contributed by atoms with Gasteiger partial charge in [0.2, 0.25) is 0 Å². The van der Waals surface area contributed by atoms with Crippen molar-refractivity contribution in [3.05, 3.63) is 59.7 Å². The third-order valence-electron chi connectivity index (χ3n) is 2.56. The molecule has 0 N–H and O–H groups in total. The molecule has 0 aliphatic carbocycles. The molecule has 0 unspecified atom stereocenters. The lowest BCUT2D eigenvalue weighted by atomic mass is 10.2. The zero-order valence-corrected chi connectivity index (χ0v) is 10.1. The summed E-state index contributed by atoms with van der Waals surface area (Å²) < 4.78 is 10.1. The number of aldehydes is 1. The number of ether oxygens (including phenoxy) is 2. The fraction of sp³-hybridized carbons (Fsp3) is 0.133. The van der Waals surface area contributed by atoms with Crippen LogP contribution in [0.2, 0.25) is 0 Å². The molecule has 2 aliphatic rings. The Morgan fingerprint density at radius 1 is 1.17 bits per heavy atom. The van der Waals surface area contributed by atoms with Crippen LogP contribution in [0.1, 0.15) is 15.9 Å². The molecule has 4 rings (SSSR count). The molecule has 0 aromatic heterocycles. The Morgan fingerprint density at radius 2 is 1.94 bits per heavy atom. The predicted octanol–water partition coefficient (Wildman–Crippen LogP) is 3.09. The van der Waals surface area contributed by atoms with E-state index in [1.807, 2.05) is 12.1 Å². The van der Waals surface area contributed by atoms with E-state index >= 15 is 0 Å². The molecule has 0 atom stereocenters. The zero-order valence-electron chi connectivity index (χ0n) is 10.1. The quantitative estimate of drug-likeness (QED) is 0.759. The molecule has 2 aromatic rings. The van der Waals surface area contributed by atoms with Gasteiger partial charge < -0.3 is 9.47 Å². The van der Waals surface area contributed by atoms with E-state index in [0.29, 0.717) is 11.3 Å². The first-order valence-electron chi connectivity index (χ1n) is 5.63. The molecule has 2 heterocycles. The standard InChI is InChI=1S/C8H8O2.C7H6O/c1-10-8-4-2-3-7(5-8)6-9;1-3-7-4-2-6(1)5-8-7/h2-6H,1H3;1-4H,5H2. The van der Waals surface area contributed by atoms with Crippen LogP contribution in [-0.2, 0) is 6.61 Å². The molecule has 0 saturated heterocycles. The third kappa shape index (κ3) is 3.10. The smallest absolute Gasteiger partial charge is 0.150 e. The van der Waals surface area contributed by atoms with Crippen molar-refractivity contribution in [1.82, 2.24) is 0 Å². The molecule has 2 aromatic carbocycles. The van der Waals surface area contributed by atoms with Crippen LogP contribution in [0, 0.1) is 0 Å². The molecule has 0 spiro atoms. The second-order valence-electron chi connectivity index (χ2n) is 3.83. The lowest BCUT2D eigenvalue weighted by Gasteiger charge is -2.11. The molecule has 18 heavy (non-hydrogen) atoms. The monoisotopic (exact) mass is 242 g/mol. The summed E-state index contributed by atoms with van der Waals surface area (Å²) in [5.41, 5.74) is 1.90.